The van der Waals surface area contributed by atoms with Gasteiger partial charge in [0.2, 0.25) is 0 Å². The molecule has 1 aromatic rings. The third kappa shape index (κ3) is 2.98. The van der Waals surface area contributed by atoms with Crippen LogP contribution in [0.15, 0.2) is 24.3 Å². The molecule has 0 spiro atoms. The molecule has 3 unspecified atom stereocenters. The van der Waals surface area contributed by atoms with Crippen LogP contribution in [0.5, 0.6) is 0 Å². The van der Waals surface area contributed by atoms with E-state index in [0.717, 1.165) is 18.4 Å². The van der Waals surface area contributed by atoms with E-state index >= 15 is 0 Å². The summed E-state index contributed by atoms with van der Waals surface area (Å²) < 4.78 is 0. The van der Waals surface area contributed by atoms with Crippen molar-refractivity contribution in [3.05, 3.63) is 35.4 Å². The summed E-state index contributed by atoms with van der Waals surface area (Å²) in [6, 6.07) is 9.55. The number of hydrogen-bond donors (Lipinski definition) is 1. The molecule has 0 heterocycles. The van der Waals surface area contributed by atoms with E-state index in [2.05, 4.69) is 19.9 Å². The normalized spacial score (nSPS) is 30.4. The van der Waals surface area contributed by atoms with Gasteiger partial charge < -0.3 is 5.11 Å². The van der Waals surface area contributed by atoms with E-state index in [4.69, 9.17) is 5.26 Å². The first kappa shape index (κ1) is 14.1. The predicted octanol–water partition coefficient (Wildman–Crippen LogP) is 3.84. The number of nitriles is 1. The van der Waals surface area contributed by atoms with Crippen molar-refractivity contribution < 1.29 is 5.11 Å². The second-order valence-electron chi connectivity index (χ2n) is 6.45. The van der Waals surface area contributed by atoms with Crippen LogP contribution < -0.4 is 0 Å². The lowest BCUT2D eigenvalue weighted by Gasteiger charge is -2.40. The Balaban J connectivity index is 2.28. The minimum absolute atomic E-state index is 0.278. The fraction of sp³-hybridized carbons (Fsp3) is 0.588. The molecule has 2 heteroatoms. The van der Waals surface area contributed by atoms with Gasteiger partial charge in [-0.2, -0.15) is 5.26 Å². The molecule has 1 aliphatic rings. The van der Waals surface area contributed by atoms with E-state index in [9.17, 15) is 5.11 Å². The van der Waals surface area contributed by atoms with E-state index < -0.39 is 5.60 Å². The lowest BCUT2D eigenvalue weighted by molar-refractivity contribution is -0.0387. The average molecular weight is 257 g/mol. The van der Waals surface area contributed by atoms with Crippen LogP contribution in [-0.4, -0.2) is 5.11 Å². The molecule has 2 nitrogen and oxygen atoms in total. The van der Waals surface area contributed by atoms with Gasteiger partial charge in [-0.25, -0.2) is 0 Å². The van der Waals surface area contributed by atoms with Gasteiger partial charge in [0.05, 0.1) is 17.2 Å². The van der Waals surface area contributed by atoms with Gasteiger partial charge >= 0.3 is 0 Å². The molecular weight excluding hydrogens is 234 g/mol. The van der Waals surface area contributed by atoms with Crippen molar-refractivity contribution in [2.75, 3.05) is 0 Å². The van der Waals surface area contributed by atoms with Crippen LogP contribution in [0.3, 0.4) is 0 Å². The van der Waals surface area contributed by atoms with Crippen molar-refractivity contribution in [2.24, 2.45) is 17.8 Å². The fourth-order valence-corrected chi connectivity index (χ4v) is 3.55. The van der Waals surface area contributed by atoms with Crippen molar-refractivity contribution in [1.29, 1.82) is 5.26 Å². The Kier molecular flexibility index (Phi) is 3.96. The van der Waals surface area contributed by atoms with E-state index in [0.29, 0.717) is 17.4 Å². The van der Waals surface area contributed by atoms with Crippen LogP contribution in [0.2, 0.25) is 0 Å². The van der Waals surface area contributed by atoms with Gasteiger partial charge in [0, 0.05) is 0 Å². The van der Waals surface area contributed by atoms with Crippen LogP contribution >= 0.6 is 0 Å². The van der Waals surface area contributed by atoms with Crippen LogP contribution in [-0.2, 0) is 5.60 Å². The van der Waals surface area contributed by atoms with Gasteiger partial charge in [-0.05, 0) is 61.6 Å². The highest BCUT2D eigenvalue weighted by molar-refractivity contribution is 5.35. The Labute approximate surface area is 116 Å². The van der Waals surface area contributed by atoms with Crippen molar-refractivity contribution in [3.63, 3.8) is 0 Å². The first-order valence-corrected chi connectivity index (χ1v) is 7.16. The zero-order valence-electron chi connectivity index (χ0n) is 12.1. The van der Waals surface area contributed by atoms with E-state index in [1.165, 1.54) is 6.42 Å². The lowest BCUT2D eigenvalue weighted by Crippen LogP contribution is -2.37. The van der Waals surface area contributed by atoms with Crippen LogP contribution in [0, 0.1) is 29.1 Å². The Morgan fingerprint density at radius 1 is 1.21 bits per heavy atom. The molecule has 2 rings (SSSR count). The third-order valence-electron chi connectivity index (χ3n) is 4.55. The molecule has 1 N–H and O–H groups in total. The van der Waals surface area contributed by atoms with E-state index in [1.54, 1.807) is 6.07 Å². The van der Waals surface area contributed by atoms with Crippen molar-refractivity contribution in [3.8, 4) is 6.07 Å². The number of rotatable bonds is 2. The third-order valence-corrected chi connectivity index (χ3v) is 4.55. The molecule has 1 aliphatic carbocycles. The Hall–Kier alpha value is -1.33. The van der Waals surface area contributed by atoms with Crippen molar-refractivity contribution in [1.82, 2.24) is 0 Å². The Bertz CT molecular complexity index is 476. The molecule has 1 fully saturated rings. The zero-order valence-corrected chi connectivity index (χ0v) is 12.1. The molecule has 19 heavy (non-hydrogen) atoms. The number of aliphatic hydroxyl groups is 1. The first-order chi connectivity index (χ1) is 8.93. The summed E-state index contributed by atoms with van der Waals surface area (Å²) in [7, 11) is 0. The molecular formula is C17H23NO. The second kappa shape index (κ2) is 5.35. The number of benzene rings is 1. The Morgan fingerprint density at radius 2 is 1.84 bits per heavy atom. The highest BCUT2D eigenvalue weighted by Gasteiger charge is 2.38. The molecule has 0 radical (unpaired) electrons. The maximum atomic E-state index is 11.0. The SMILES string of the molecule is CC1CC(C)CC(C(C)(O)c2cccc(C#N)c2)C1. The van der Waals surface area contributed by atoms with Gasteiger partial charge in [-0.15, -0.1) is 0 Å². The second-order valence-corrected chi connectivity index (χ2v) is 6.45. The summed E-state index contributed by atoms with van der Waals surface area (Å²) >= 11 is 0. The van der Waals surface area contributed by atoms with Crippen LogP contribution in [0.4, 0.5) is 0 Å². The summed E-state index contributed by atoms with van der Waals surface area (Å²) in [6.07, 6.45) is 3.38. The van der Waals surface area contributed by atoms with Crippen molar-refractivity contribution >= 4 is 0 Å². The molecule has 1 saturated carbocycles. The van der Waals surface area contributed by atoms with Gasteiger partial charge in [0.25, 0.3) is 0 Å². The molecule has 0 aliphatic heterocycles. The monoisotopic (exact) mass is 257 g/mol. The number of nitrogens with zero attached hydrogens (tertiary/aromatic N) is 1. The summed E-state index contributed by atoms with van der Waals surface area (Å²) in [6.45, 7) is 6.44. The topological polar surface area (TPSA) is 44.0 Å². The highest BCUT2D eigenvalue weighted by atomic mass is 16.3. The molecule has 1 aromatic carbocycles. The fourth-order valence-electron chi connectivity index (χ4n) is 3.55. The van der Waals surface area contributed by atoms with E-state index in [1.807, 2.05) is 25.1 Å². The molecule has 0 saturated heterocycles. The van der Waals surface area contributed by atoms with Gasteiger partial charge in [0.15, 0.2) is 0 Å². The Morgan fingerprint density at radius 3 is 2.42 bits per heavy atom. The summed E-state index contributed by atoms with van der Waals surface area (Å²) in [5, 5.41) is 19.9. The highest BCUT2D eigenvalue weighted by Crippen LogP contribution is 2.43. The minimum Gasteiger partial charge on any atom is -0.385 e. The van der Waals surface area contributed by atoms with Crippen molar-refractivity contribution in [2.45, 2.75) is 45.6 Å². The zero-order chi connectivity index (χ0) is 14.0. The predicted molar refractivity (Wildman–Crippen MR) is 76.4 cm³/mol. The van der Waals surface area contributed by atoms with E-state index in [-0.39, 0.29) is 5.92 Å². The van der Waals surface area contributed by atoms with Crippen LogP contribution in [0.25, 0.3) is 0 Å². The molecule has 0 amide bonds. The van der Waals surface area contributed by atoms with Gasteiger partial charge in [0.1, 0.15) is 0 Å². The molecule has 3 atom stereocenters. The maximum Gasteiger partial charge on any atom is 0.0991 e. The summed E-state index contributed by atoms with van der Waals surface area (Å²) in [4.78, 5) is 0. The molecule has 0 aromatic heterocycles. The smallest absolute Gasteiger partial charge is 0.0991 e. The minimum atomic E-state index is -0.837. The average Bonchev–Trinajstić information content (AvgIpc) is 2.37. The summed E-state index contributed by atoms with van der Waals surface area (Å²) in [5.74, 6) is 1.61. The maximum absolute atomic E-state index is 11.0. The molecule has 0 bridgehead atoms. The van der Waals surface area contributed by atoms with Crippen LogP contribution in [0.1, 0.15) is 51.2 Å². The first-order valence-electron chi connectivity index (χ1n) is 7.16. The quantitative estimate of drug-likeness (QED) is 0.874. The lowest BCUT2D eigenvalue weighted by atomic mass is 9.68. The number of hydrogen-bond acceptors (Lipinski definition) is 2. The largest absolute Gasteiger partial charge is 0.385 e. The standard InChI is InChI=1S/C17H23NO/c1-12-7-13(2)9-16(8-12)17(3,19)15-6-4-5-14(10-15)11-18/h4-6,10,12-13,16,19H,7-9H2,1-3H3. The molecule has 102 valence electrons. The summed E-state index contributed by atoms with van der Waals surface area (Å²) in [5.41, 5.74) is 0.656. The van der Waals surface area contributed by atoms with Gasteiger partial charge in [-0.1, -0.05) is 26.0 Å². The van der Waals surface area contributed by atoms with Gasteiger partial charge in [-0.3, -0.25) is 0 Å².